The Morgan fingerprint density at radius 3 is 2.03 bits per heavy atom. The molecule has 0 spiro atoms. The molecular weight excluding hydrogens is 444 g/mol. The van der Waals surface area contributed by atoms with E-state index in [0.717, 1.165) is 16.7 Å². The zero-order valence-corrected chi connectivity index (χ0v) is 19.8. The Morgan fingerprint density at radius 2 is 1.35 bits per heavy atom. The lowest BCUT2D eigenvalue weighted by atomic mass is 9.94. The average molecular weight is 471 g/mol. The van der Waals surface area contributed by atoms with Gasteiger partial charge in [0.2, 0.25) is 0 Å². The van der Waals surface area contributed by atoms with Gasteiger partial charge in [0.1, 0.15) is 0 Å². The normalized spacial score (nSPS) is 12.1. The van der Waals surface area contributed by atoms with E-state index in [0.29, 0.717) is 16.8 Å². The standard InChI is InChI=1S/C28H26N2O3S/c1-20-12-9-10-17-24(20)27(22-13-5-3-6-14-22)29-28(31)25-18-11-19-26(21(25)2)30-34(32,33)23-15-7-4-8-16-23/h3-19,27,30H,1-2H3,(H,29,31)/t27-/m1/s1. The van der Waals surface area contributed by atoms with E-state index in [-0.39, 0.29) is 16.8 Å². The van der Waals surface area contributed by atoms with Crippen LogP contribution in [0.3, 0.4) is 0 Å². The Balaban J connectivity index is 1.65. The van der Waals surface area contributed by atoms with Crippen LogP contribution in [0.4, 0.5) is 5.69 Å². The van der Waals surface area contributed by atoms with Gasteiger partial charge < -0.3 is 5.32 Å². The minimum Gasteiger partial charge on any atom is -0.341 e. The summed E-state index contributed by atoms with van der Waals surface area (Å²) >= 11 is 0. The molecule has 0 radical (unpaired) electrons. The number of carbonyl (C=O) groups excluding carboxylic acids is 1. The molecule has 1 atom stereocenters. The van der Waals surface area contributed by atoms with Crippen molar-refractivity contribution in [2.75, 3.05) is 4.72 Å². The number of anilines is 1. The summed E-state index contributed by atoms with van der Waals surface area (Å²) in [5, 5.41) is 3.15. The Hall–Kier alpha value is -3.90. The molecule has 0 unspecified atom stereocenters. The topological polar surface area (TPSA) is 75.3 Å². The summed E-state index contributed by atoms with van der Waals surface area (Å²) in [7, 11) is -3.77. The second-order valence-electron chi connectivity index (χ2n) is 8.07. The summed E-state index contributed by atoms with van der Waals surface area (Å²) in [6.07, 6.45) is 0. The second kappa shape index (κ2) is 9.93. The summed E-state index contributed by atoms with van der Waals surface area (Å²) < 4.78 is 28.2. The zero-order chi connectivity index (χ0) is 24.1. The summed E-state index contributed by atoms with van der Waals surface area (Å²) in [5.41, 5.74) is 4.35. The molecule has 4 rings (SSSR count). The zero-order valence-electron chi connectivity index (χ0n) is 19.0. The lowest BCUT2D eigenvalue weighted by molar-refractivity contribution is 0.0942. The maximum absolute atomic E-state index is 13.4. The molecule has 0 heterocycles. The van der Waals surface area contributed by atoms with Gasteiger partial charge in [-0.25, -0.2) is 8.42 Å². The molecule has 0 aliphatic heterocycles. The smallest absolute Gasteiger partial charge is 0.261 e. The average Bonchev–Trinajstić information content (AvgIpc) is 2.85. The fourth-order valence-electron chi connectivity index (χ4n) is 3.90. The van der Waals surface area contributed by atoms with Crippen molar-refractivity contribution in [1.29, 1.82) is 0 Å². The number of sulfonamides is 1. The Labute approximate surface area is 200 Å². The molecule has 5 nitrogen and oxygen atoms in total. The predicted octanol–water partition coefficient (Wildman–Crippen LogP) is 5.62. The first-order valence-corrected chi connectivity index (χ1v) is 12.4. The highest BCUT2D eigenvalue weighted by atomic mass is 32.2. The third-order valence-corrected chi connectivity index (χ3v) is 7.17. The largest absolute Gasteiger partial charge is 0.341 e. The molecule has 4 aromatic carbocycles. The number of benzene rings is 4. The van der Waals surface area contributed by atoms with E-state index in [4.69, 9.17) is 0 Å². The number of amides is 1. The van der Waals surface area contributed by atoms with Gasteiger partial charge in [0.15, 0.2) is 0 Å². The highest BCUT2D eigenvalue weighted by molar-refractivity contribution is 7.92. The van der Waals surface area contributed by atoms with Gasteiger partial charge in [0, 0.05) is 5.56 Å². The highest BCUT2D eigenvalue weighted by Gasteiger charge is 2.22. The quantitative estimate of drug-likeness (QED) is 0.368. The van der Waals surface area contributed by atoms with Crippen molar-refractivity contribution in [3.8, 4) is 0 Å². The summed E-state index contributed by atoms with van der Waals surface area (Å²) in [6.45, 7) is 3.75. The third kappa shape index (κ3) is 5.02. The van der Waals surface area contributed by atoms with Crippen LogP contribution in [0, 0.1) is 13.8 Å². The maximum atomic E-state index is 13.4. The second-order valence-corrected chi connectivity index (χ2v) is 9.75. The van der Waals surface area contributed by atoms with Gasteiger partial charge in [-0.1, -0.05) is 78.9 Å². The summed E-state index contributed by atoms with van der Waals surface area (Å²) in [5.74, 6) is -0.282. The first-order valence-electron chi connectivity index (χ1n) is 11.0. The number of rotatable bonds is 7. The van der Waals surface area contributed by atoms with Gasteiger partial charge in [0.05, 0.1) is 16.6 Å². The van der Waals surface area contributed by atoms with Crippen LogP contribution in [0.1, 0.15) is 38.7 Å². The van der Waals surface area contributed by atoms with Crippen LogP contribution < -0.4 is 10.0 Å². The SMILES string of the molecule is Cc1ccccc1[C@H](NC(=O)c1cccc(NS(=O)(=O)c2ccccc2)c1C)c1ccccc1. The summed E-state index contributed by atoms with van der Waals surface area (Å²) in [4.78, 5) is 13.6. The van der Waals surface area contributed by atoms with Crippen molar-refractivity contribution in [2.45, 2.75) is 24.8 Å². The first-order chi connectivity index (χ1) is 16.4. The highest BCUT2D eigenvalue weighted by Crippen LogP contribution is 2.27. The lowest BCUT2D eigenvalue weighted by Gasteiger charge is -2.22. The number of aryl methyl sites for hydroxylation is 1. The van der Waals surface area contributed by atoms with Crippen molar-refractivity contribution in [2.24, 2.45) is 0 Å². The molecule has 0 saturated heterocycles. The molecule has 0 fully saturated rings. The Bertz CT molecular complexity index is 1400. The van der Waals surface area contributed by atoms with E-state index < -0.39 is 10.0 Å². The molecule has 1 amide bonds. The molecule has 0 aromatic heterocycles. The van der Waals surface area contributed by atoms with Crippen LogP contribution in [0.25, 0.3) is 0 Å². The van der Waals surface area contributed by atoms with Crippen LogP contribution in [-0.4, -0.2) is 14.3 Å². The van der Waals surface area contributed by atoms with E-state index >= 15 is 0 Å². The number of nitrogens with one attached hydrogen (secondary N) is 2. The maximum Gasteiger partial charge on any atom is 0.261 e. The van der Waals surface area contributed by atoms with Crippen molar-refractivity contribution >= 4 is 21.6 Å². The fraction of sp³-hybridized carbons (Fsp3) is 0.107. The van der Waals surface area contributed by atoms with Gasteiger partial charge in [-0.15, -0.1) is 0 Å². The van der Waals surface area contributed by atoms with Gasteiger partial charge in [-0.3, -0.25) is 9.52 Å². The molecule has 172 valence electrons. The first kappa shape index (κ1) is 23.3. The minimum absolute atomic E-state index is 0.160. The summed E-state index contributed by atoms with van der Waals surface area (Å²) in [6, 6.07) is 30.6. The van der Waals surface area contributed by atoms with Crippen molar-refractivity contribution in [1.82, 2.24) is 5.32 Å². The third-order valence-electron chi connectivity index (χ3n) is 5.78. The van der Waals surface area contributed by atoms with Crippen LogP contribution in [0.15, 0.2) is 108 Å². The molecule has 0 bridgehead atoms. The van der Waals surface area contributed by atoms with Gasteiger partial charge in [0.25, 0.3) is 15.9 Å². The minimum atomic E-state index is -3.77. The van der Waals surface area contributed by atoms with Crippen molar-refractivity contribution in [3.05, 3.63) is 131 Å². The molecule has 0 saturated carbocycles. The molecule has 0 aliphatic carbocycles. The number of hydrogen-bond acceptors (Lipinski definition) is 3. The van der Waals surface area contributed by atoms with E-state index in [2.05, 4.69) is 10.0 Å². The van der Waals surface area contributed by atoms with Gasteiger partial charge in [-0.05, 0) is 60.4 Å². The molecule has 34 heavy (non-hydrogen) atoms. The molecule has 0 aliphatic rings. The van der Waals surface area contributed by atoms with Crippen LogP contribution >= 0.6 is 0 Å². The number of hydrogen-bond donors (Lipinski definition) is 2. The van der Waals surface area contributed by atoms with E-state index in [1.165, 1.54) is 12.1 Å². The van der Waals surface area contributed by atoms with E-state index in [9.17, 15) is 13.2 Å². The monoisotopic (exact) mass is 470 g/mol. The Morgan fingerprint density at radius 1 is 0.735 bits per heavy atom. The van der Waals surface area contributed by atoms with Crippen LogP contribution in [-0.2, 0) is 10.0 Å². The van der Waals surface area contributed by atoms with Crippen LogP contribution in [0.2, 0.25) is 0 Å². The van der Waals surface area contributed by atoms with Gasteiger partial charge >= 0.3 is 0 Å². The van der Waals surface area contributed by atoms with Crippen molar-refractivity contribution in [3.63, 3.8) is 0 Å². The predicted molar refractivity (Wildman–Crippen MR) is 135 cm³/mol. The molecular formula is C28H26N2O3S. The van der Waals surface area contributed by atoms with Crippen molar-refractivity contribution < 1.29 is 13.2 Å². The molecule has 2 N–H and O–H groups in total. The van der Waals surface area contributed by atoms with Gasteiger partial charge in [-0.2, -0.15) is 0 Å². The molecule has 4 aromatic rings. The van der Waals surface area contributed by atoms with E-state index in [1.807, 2.05) is 61.5 Å². The van der Waals surface area contributed by atoms with Crippen LogP contribution in [0.5, 0.6) is 0 Å². The fourth-order valence-corrected chi connectivity index (χ4v) is 5.05. The number of carbonyl (C=O) groups is 1. The lowest BCUT2D eigenvalue weighted by Crippen LogP contribution is -2.30. The Kier molecular flexibility index (Phi) is 6.80. The van der Waals surface area contributed by atoms with E-state index in [1.54, 1.807) is 43.3 Å². The molecule has 6 heteroatoms.